The van der Waals surface area contributed by atoms with Gasteiger partial charge in [-0.1, -0.05) is 27.8 Å². The number of esters is 1. The number of thiophene rings is 1. The van der Waals surface area contributed by atoms with E-state index in [9.17, 15) is 4.79 Å². The van der Waals surface area contributed by atoms with Crippen molar-refractivity contribution in [1.29, 1.82) is 0 Å². The lowest BCUT2D eigenvalue weighted by Crippen LogP contribution is -2.01. The Hall–Kier alpha value is -0.790. The Labute approximate surface area is 102 Å². The van der Waals surface area contributed by atoms with E-state index in [0.717, 1.165) is 16.6 Å². The Kier molecular flexibility index (Phi) is 5.44. The molecule has 80 valence electrons. The van der Waals surface area contributed by atoms with Crippen LogP contribution in [0.25, 0.3) is 0 Å². The molecule has 0 saturated heterocycles. The van der Waals surface area contributed by atoms with E-state index in [1.54, 1.807) is 13.0 Å². The van der Waals surface area contributed by atoms with Crippen LogP contribution in [0.4, 0.5) is 0 Å². The summed E-state index contributed by atoms with van der Waals surface area (Å²) in [6.45, 7) is 2.20. The van der Waals surface area contributed by atoms with Crippen LogP contribution in [-0.2, 0) is 4.74 Å². The summed E-state index contributed by atoms with van der Waals surface area (Å²) in [4.78, 5) is 12.8. The third-order valence-electron chi connectivity index (χ3n) is 1.51. The van der Waals surface area contributed by atoms with Crippen LogP contribution in [0.15, 0.2) is 12.1 Å². The Bertz CT molecular complexity index is 387. The van der Waals surface area contributed by atoms with Crippen molar-refractivity contribution in [3.63, 3.8) is 0 Å². The number of halogens is 1. The third kappa shape index (κ3) is 4.06. The fourth-order valence-corrected chi connectivity index (χ4v) is 1.89. The Morgan fingerprint density at radius 3 is 3.07 bits per heavy atom. The van der Waals surface area contributed by atoms with Crippen molar-refractivity contribution in [2.75, 3.05) is 11.9 Å². The maximum absolute atomic E-state index is 11.3. The van der Waals surface area contributed by atoms with Gasteiger partial charge < -0.3 is 4.74 Å². The van der Waals surface area contributed by atoms with Crippen molar-refractivity contribution in [3.05, 3.63) is 21.9 Å². The van der Waals surface area contributed by atoms with E-state index in [-0.39, 0.29) is 5.97 Å². The summed E-state index contributed by atoms with van der Waals surface area (Å²) in [5.41, 5.74) is 0. The minimum absolute atomic E-state index is 0.268. The van der Waals surface area contributed by atoms with Gasteiger partial charge in [0.15, 0.2) is 0 Å². The lowest BCUT2D eigenvalue weighted by Gasteiger charge is -1.95. The summed E-state index contributed by atoms with van der Waals surface area (Å²) in [5, 5.41) is 0.871. The largest absolute Gasteiger partial charge is 0.462 e. The van der Waals surface area contributed by atoms with Gasteiger partial charge in [0.25, 0.3) is 0 Å². The van der Waals surface area contributed by atoms with Crippen molar-refractivity contribution in [1.82, 2.24) is 0 Å². The standard InChI is InChI=1S/C11H11BrO2S/c1-2-14-11(13)10-7-6-9(15-10)5-3-4-8-12/h6-7H,2,4,8H2,1H3. The van der Waals surface area contributed by atoms with Gasteiger partial charge in [-0.25, -0.2) is 4.79 Å². The maximum atomic E-state index is 11.3. The van der Waals surface area contributed by atoms with Gasteiger partial charge >= 0.3 is 5.97 Å². The average Bonchev–Trinajstić information content (AvgIpc) is 2.67. The molecular weight excluding hydrogens is 276 g/mol. The second kappa shape index (κ2) is 6.65. The molecule has 1 rings (SSSR count). The molecule has 0 atom stereocenters. The van der Waals surface area contributed by atoms with Gasteiger partial charge in [0.1, 0.15) is 4.88 Å². The number of alkyl halides is 1. The fourth-order valence-electron chi connectivity index (χ4n) is 0.914. The van der Waals surface area contributed by atoms with Crippen LogP contribution in [0.2, 0.25) is 0 Å². The number of hydrogen-bond donors (Lipinski definition) is 0. The molecule has 0 radical (unpaired) electrons. The van der Waals surface area contributed by atoms with E-state index in [2.05, 4.69) is 27.8 Å². The third-order valence-corrected chi connectivity index (χ3v) is 2.89. The molecule has 0 aliphatic carbocycles. The summed E-state index contributed by atoms with van der Waals surface area (Å²) in [5.74, 6) is 5.72. The van der Waals surface area contributed by atoms with Crippen LogP contribution in [0, 0.1) is 11.8 Å². The number of carbonyl (C=O) groups is 1. The molecule has 0 saturated carbocycles. The lowest BCUT2D eigenvalue weighted by atomic mass is 10.4. The van der Waals surface area contributed by atoms with Crippen molar-refractivity contribution >= 4 is 33.2 Å². The Balaban J connectivity index is 2.65. The number of carbonyl (C=O) groups excluding carboxylic acids is 1. The second-order valence-corrected chi connectivity index (χ2v) is 4.50. The van der Waals surface area contributed by atoms with Crippen molar-refractivity contribution in [2.45, 2.75) is 13.3 Å². The molecule has 0 aromatic carbocycles. The highest BCUT2D eigenvalue weighted by Crippen LogP contribution is 2.16. The monoisotopic (exact) mass is 286 g/mol. The second-order valence-electron chi connectivity index (χ2n) is 2.63. The Morgan fingerprint density at radius 2 is 2.40 bits per heavy atom. The topological polar surface area (TPSA) is 26.3 Å². The predicted octanol–water partition coefficient (Wildman–Crippen LogP) is 3.06. The van der Waals surface area contributed by atoms with Gasteiger partial charge in [-0.05, 0) is 19.1 Å². The van der Waals surface area contributed by atoms with Crippen LogP contribution >= 0.6 is 27.3 Å². The highest BCUT2D eigenvalue weighted by Gasteiger charge is 2.08. The van der Waals surface area contributed by atoms with E-state index >= 15 is 0 Å². The average molecular weight is 287 g/mol. The lowest BCUT2D eigenvalue weighted by molar-refractivity contribution is 0.0532. The first kappa shape index (κ1) is 12.3. The van der Waals surface area contributed by atoms with Crippen LogP contribution < -0.4 is 0 Å². The van der Waals surface area contributed by atoms with Gasteiger partial charge in [0.05, 0.1) is 11.5 Å². The molecule has 0 spiro atoms. The predicted molar refractivity (Wildman–Crippen MR) is 65.6 cm³/mol. The molecule has 1 aromatic heterocycles. The first-order valence-corrected chi connectivity index (χ1v) is 6.53. The van der Waals surface area contributed by atoms with E-state index in [1.165, 1.54) is 11.3 Å². The molecule has 0 amide bonds. The van der Waals surface area contributed by atoms with Gasteiger partial charge in [-0.15, -0.1) is 11.3 Å². The molecular formula is C11H11BrO2S. The molecule has 1 aromatic rings. The zero-order valence-corrected chi connectivity index (χ0v) is 10.8. The molecule has 4 heteroatoms. The summed E-state index contributed by atoms with van der Waals surface area (Å²) in [6.07, 6.45) is 0.812. The SMILES string of the molecule is CCOC(=O)c1ccc(C#CCCBr)s1. The highest BCUT2D eigenvalue weighted by molar-refractivity contribution is 9.09. The summed E-state index contributed by atoms with van der Waals surface area (Å²) in [6, 6.07) is 3.60. The zero-order valence-electron chi connectivity index (χ0n) is 8.38. The first-order chi connectivity index (χ1) is 7.27. The van der Waals surface area contributed by atoms with Gasteiger partial charge in [-0.3, -0.25) is 0 Å². The van der Waals surface area contributed by atoms with Crippen LogP contribution in [0.1, 0.15) is 27.9 Å². The fraction of sp³-hybridized carbons (Fsp3) is 0.364. The van der Waals surface area contributed by atoms with E-state index in [1.807, 2.05) is 6.07 Å². The summed E-state index contributed by atoms with van der Waals surface area (Å²) >= 11 is 4.67. The van der Waals surface area contributed by atoms with Crippen LogP contribution in [0.3, 0.4) is 0 Å². The molecule has 0 fully saturated rings. The molecule has 0 unspecified atom stereocenters. The van der Waals surface area contributed by atoms with Gasteiger partial charge in [0.2, 0.25) is 0 Å². The molecule has 1 heterocycles. The Morgan fingerprint density at radius 1 is 1.60 bits per heavy atom. The van der Waals surface area contributed by atoms with Gasteiger partial charge in [0, 0.05) is 11.8 Å². The molecule has 0 aliphatic heterocycles. The smallest absolute Gasteiger partial charge is 0.348 e. The van der Waals surface area contributed by atoms with Crippen molar-refractivity contribution in [3.8, 4) is 11.8 Å². The zero-order chi connectivity index (χ0) is 11.1. The van der Waals surface area contributed by atoms with Crippen molar-refractivity contribution < 1.29 is 9.53 Å². The van der Waals surface area contributed by atoms with Crippen molar-refractivity contribution in [2.24, 2.45) is 0 Å². The summed E-state index contributed by atoms with van der Waals surface area (Å²) < 4.78 is 4.88. The van der Waals surface area contributed by atoms with E-state index < -0.39 is 0 Å². The minimum atomic E-state index is -0.268. The quantitative estimate of drug-likeness (QED) is 0.485. The molecule has 15 heavy (non-hydrogen) atoms. The van der Waals surface area contributed by atoms with E-state index in [4.69, 9.17) is 4.74 Å². The summed E-state index contributed by atoms with van der Waals surface area (Å²) in [7, 11) is 0. The molecule has 0 N–H and O–H groups in total. The van der Waals surface area contributed by atoms with Gasteiger partial charge in [-0.2, -0.15) is 0 Å². The minimum Gasteiger partial charge on any atom is -0.462 e. The van der Waals surface area contributed by atoms with Crippen LogP contribution in [0.5, 0.6) is 0 Å². The number of rotatable bonds is 3. The highest BCUT2D eigenvalue weighted by atomic mass is 79.9. The number of hydrogen-bond acceptors (Lipinski definition) is 3. The molecule has 0 aliphatic rings. The van der Waals surface area contributed by atoms with Crippen LogP contribution in [-0.4, -0.2) is 17.9 Å². The maximum Gasteiger partial charge on any atom is 0.348 e. The normalized spacial score (nSPS) is 9.20. The molecule has 0 bridgehead atoms. The molecule has 2 nitrogen and oxygen atoms in total. The first-order valence-electron chi connectivity index (χ1n) is 4.59. The van der Waals surface area contributed by atoms with E-state index in [0.29, 0.717) is 11.5 Å². The number of ether oxygens (including phenoxy) is 1.